The van der Waals surface area contributed by atoms with Crippen LogP contribution < -0.4 is 15.0 Å². The lowest BCUT2D eigenvalue weighted by Crippen LogP contribution is -2.52. The van der Waals surface area contributed by atoms with Crippen LogP contribution in [0.5, 0.6) is 11.5 Å². The molecule has 0 saturated carbocycles. The van der Waals surface area contributed by atoms with Gasteiger partial charge >= 0.3 is 0 Å². The Kier molecular flexibility index (Phi) is 4.16. The van der Waals surface area contributed by atoms with Crippen LogP contribution in [0.15, 0.2) is 41.3 Å². The van der Waals surface area contributed by atoms with Crippen LogP contribution >= 0.6 is 0 Å². The molecule has 0 bridgehead atoms. The van der Waals surface area contributed by atoms with E-state index in [0.717, 1.165) is 11.4 Å². The summed E-state index contributed by atoms with van der Waals surface area (Å²) in [6.45, 7) is 7.00. The third kappa shape index (κ3) is 2.87. The van der Waals surface area contributed by atoms with Crippen LogP contribution in [0.1, 0.15) is 33.4 Å². The second-order valence-corrected chi connectivity index (χ2v) is 7.82. The Morgan fingerprint density at radius 2 is 1.83 bits per heavy atom. The minimum absolute atomic E-state index is 0.141. The second kappa shape index (κ2) is 6.76. The highest BCUT2D eigenvalue weighted by Crippen LogP contribution is 2.33. The third-order valence-electron chi connectivity index (χ3n) is 5.69. The third-order valence-corrected chi connectivity index (χ3v) is 5.69. The van der Waals surface area contributed by atoms with E-state index in [1.807, 2.05) is 24.6 Å². The molecule has 1 fully saturated rings. The number of likely N-dealkylation sites (tertiary alicyclic amines) is 1. The molecule has 0 aliphatic carbocycles. The van der Waals surface area contributed by atoms with Crippen molar-refractivity contribution in [2.45, 2.75) is 26.8 Å². The summed E-state index contributed by atoms with van der Waals surface area (Å²) in [7, 11) is 0. The lowest BCUT2D eigenvalue weighted by atomic mass is 10.0. The van der Waals surface area contributed by atoms with Gasteiger partial charge in [-0.3, -0.25) is 18.8 Å². The maximum absolute atomic E-state index is 13.2. The van der Waals surface area contributed by atoms with Gasteiger partial charge in [-0.2, -0.15) is 5.10 Å². The van der Waals surface area contributed by atoms with Gasteiger partial charge < -0.3 is 14.4 Å². The molecule has 2 aliphatic heterocycles. The fourth-order valence-corrected chi connectivity index (χ4v) is 4.07. The summed E-state index contributed by atoms with van der Waals surface area (Å²) in [4.78, 5) is 28.1. The molecule has 30 heavy (non-hydrogen) atoms. The fourth-order valence-electron chi connectivity index (χ4n) is 4.07. The molecule has 1 saturated heterocycles. The zero-order valence-corrected chi connectivity index (χ0v) is 17.1. The molecule has 2 aromatic heterocycles. The number of hydrogen-bond donors (Lipinski definition) is 0. The number of amides is 1. The Bertz CT molecular complexity index is 1220. The summed E-state index contributed by atoms with van der Waals surface area (Å²) in [5.74, 6) is 0.986. The van der Waals surface area contributed by atoms with Gasteiger partial charge in [0.15, 0.2) is 11.5 Å². The number of nitrogens with zero attached hydrogens (tertiary/aromatic N) is 4. The highest BCUT2D eigenvalue weighted by atomic mass is 16.7. The average Bonchev–Trinajstić information content (AvgIpc) is 3.26. The highest BCUT2D eigenvalue weighted by molar-refractivity contribution is 5.95. The Labute approximate surface area is 173 Å². The van der Waals surface area contributed by atoms with Gasteiger partial charge in [-0.1, -0.05) is 0 Å². The van der Waals surface area contributed by atoms with Crippen molar-refractivity contribution in [2.75, 3.05) is 19.9 Å². The molecule has 1 amide bonds. The number of pyridine rings is 1. The number of carbonyl (C=O) groups excluding carboxylic acids is 1. The number of benzene rings is 1. The van der Waals surface area contributed by atoms with Gasteiger partial charge in [-0.25, -0.2) is 0 Å². The van der Waals surface area contributed by atoms with Gasteiger partial charge in [-0.05, 0) is 50.6 Å². The first-order valence-electron chi connectivity index (χ1n) is 9.86. The molecule has 0 atom stereocenters. The van der Waals surface area contributed by atoms with Crippen molar-refractivity contribution in [3.63, 3.8) is 0 Å². The normalized spacial score (nSPS) is 15.4. The SMILES string of the molecule is Cc1cc(C)n(C2CN(C(=O)c3c(C)ccn(-c4ccc5c(c4)OCO5)c3=O)C2)n1. The van der Waals surface area contributed by atoms with Gasteiger partial charge in [0.25, 0.3) is 11.5 Å². The Morgan fingerprint density at radius 3 is 2.57 bits per heavy atom. The summed E-state index contributed by atoms with van der Waals surface area (Å²) < 4.78 is 14.2. The first-order chi connectivity index (χ1) is 14.4. The molecule has 154 valence electrons. The van der Waals surface area contributed by atoms with E-state index in [0.29, 0.717) is 35.8 Å². The number of rotatable bonds is 3. The maximum atomic E-state index is 13.2. The van der Waals surface area contributed by atoms with Crippen LogP contribution in [0.4, 0.5) is 0 Å². The average molecular weight is 406 g/mol. The molecule has 2 aliphatic rings. The lowest BCUT2D eigenvalue weighted by molar-refractivity contribution is 0.0494. The van der Waals surface area contributed by atoms with Crippen molar-refractivity contribution >= 4 is 5.91 Å². The molecule has 1 aromatic carbocycles. The molecule has 0 unspecified atom stereocenters. The Balaban J connectivity index is 1.42. The summed E-state index contributed by atoms with van der Waals surface area (Å²) in [6, 6.07) is 9.24. The number of aryl methyl sites for hydroxylation is 3. The second-order valence-electron chi connectivity index (χ2n) is 7.82. The van der Waals surface area contributed by atoms with Crippen molar-refractivity contribution in [3.05, 3.63) is 69.4 Å². The molecule has 8 nitrogen and oxygen atoms in total. The van der Waals surface area contributed by atoms with Gasteiger partial charge in [0.1, 0.15) is 5.56 Å². The molecule has 4 heterocycles. The first-order valence-corrected chi connectivity index (χ1v) is 9.86. The van der Waals surface area contributed by atoms with Crippen LogP contribution in [0.25, 0.3) is 5.69 Å². The molecule has 0 radical (unpaired) electrons. The molecule has 5 rings (SSSR count). The molecule has 8 heteroatoms. The van der Waals surface area contributed by atoms with E-state index >= 15 is 0 Å². The van der Waals surface area contributed by atoms with Gasteiger partial charge in [-0.15, -0.1) is 0 Å². The van der Waals surface area contributed by atoms with Crippen molar-refractivity contribution in [2.24, 2.45) is 0 Å². The fraction of sp³-hybridized carbons (Fsp3) is 0.318. The lowest BCUT2D eigenvalue weighted by Gasteiger charge is -2.39. The molecule has 3 aromatic rings. The van der Waals surface area contributed by atoms with Gasteiger partial charge in [0.2, 0.25) is 6.79 Å². The summed E-state index contributed by atoms with van der Waals surface area (Å²) in [5, 5.41) is 4.51. The van der Waals surface area contributed by atoms with E-state index in [1.54, 1.807) is 42.3 Å². The molecule has 0 spiro atoms. The minimum Gasteiger partial charge on any atom is -0.454 e. The van der Waals surface area contributed by atoms with Crippen molar-refractivity contribution < 1.29 is 14.3 Å². The van der Waals surface area contributed by atoms with Crippen molar-refractivity contribution in [1.82, 2.24) is 19.2 Å². The zero-order valence-electron chi connectivity index (χ0n) is 17.1. The van der Waals surface area contributed by atoms with E-state index in [-0.39, 0.29) is 29.9 Å². The quantitative estimate of drug-likeness (QED) is 0.667. The summed E-state index contributed by atoms with van der Waals surface area (Å²) >= 11 is 0. The smallest absolute Gasteiger partial charge is 0.268 e. The summed E-state index contributed by atoms with van der Waals surface area (Å²) in [5.41, 5.74) is 3.18. The predicted molar refractivity (Wildman–Crippen MR) is 110 cm³/mol. The van der Waals surface area contributed by atoms with E-state index in [9.17, 15) is 9.59 Å². The number of fused-ring (bicyclic) bond motifs is 1. The zero-order chi connectivity index (χ0) is 21.0. The van der Waals surface area contributed by atoms with Crippen molar-refractivity contribution in [3.8, 4) is 17.2 Å². The van der Waals surface area contributed by atoms with E-state index < -0.39 is 0 Å². The van der Waals surface area contributed by atoms with Gasteiger partial charge in [0, 0.05) is 31.0 Å². The van der Waals surface area contributed by atoms with Gasteiger partial charge in [0.05, 0.1) is 17.4 Å². The monoisotopic (exact) mass is 406 g/mol. The van der Waals surface area contributed by atoms with E-state index in [4.69, 9.17) is 9.47 Å². The number of ether oxygens (including phenoxy) is 2. The van der Waals surface area contributed by atoms with Crippen LogP contribution in [0, 0.1) is 20.8 Å². The van der Waals surface area contributed by atoms with Crippen LogP contribution in [0.2, 0.25) is 0 Å². The molecular formula is C22H22N4O4. The van der Waals surface area contributed by atoms with Crippen LogP contribution in [-0.4, -0.2) is 45.0 Å². The minimum atomic E-state index is -0.339. The standard InChI is InChI=1S/C22H22N4O4/c1-13-6-7-25(16-4-5-18-19(9-16)30-12-29-18)22(28)20(13)21(27)24-10-17(11-24)26-15(3)8-14(2)23-26/h4-9,17H,10-12H2,1-3H3. The van der Waals surface area contributed by atoms with Crippen molar-refractivity contribution in [1.29, 1.82) is 0 Å². The van der Waals surface area contributed by atoms with Crippen LogP contribution in [0.3, 0.4) is 0 Å². The number of hydrogen-bond acceptors (Lipinski definition) is 5. The molecular weight excluding hydrogens is 384 g/mol. The molecule has 0 N–H and O–H groups in total. The van der Waals surface area contributed by atoms with E-state index in [1.165, 1.54) is 4.57 Å². The topological polar surface area (TPSA) is 78.6 Å². The maximum Gasteiger partial charge on any atom is 0.268 e. The predicted octanol–water partition coefficient (Wildman–Crippen LogP) is 2.39. The summed E-state index contributed by atoms with van der Waals surface area (Å²) in [6.07, 6.45) is 1.68. The first kappa shape index (κ1) is 18.5. The van der Waals surface area contributed by atoms with E-state index in [2.05, 4.69) is 5.10 Å². The number of aromatic nitrogens is 3. The largest absolute Gasteiger partial charge is 0.454 e. The Hall–Kier alpha value is -3.55. The number of carbonyl (C=O) groups is 1. The van der Waals surface area contributed by atoms with Crippen LogP contribution in [-0.2, 0) is 0 Å². The Morgan fingerprint density at radius 1 is 1.07 bits per heavy atom. The highest BCUT2D eigenvalue weighted by Gasteiger charge is 2.35.